The monoisotopic (exact) mass is 511 g/mol. The van der Waals surface area contributed by atoms with Gasteiger partial charge in [0.25, 0.3) is 5.91 Å². The second-order valence-corrected chi connectivity index (χ2v) is 11.5. The minimum absolute atomic E-state index is 0.0411. The van der Waals surface area contributed by atoms with Crippen LogP contribution in [0.5, 0.6) is 0 Å². The van der Waals surface area contributed by atoms with Gasteiger partial charge in [-0.25, -0.2) is 0 Å². The van der Waals surface area contributed by atoms with Crippen LogP contribution in [0, 0.1) is 5.92 Å². The zero-order valence-electron chi connectivity index (χ0n) is 22.0. The highest BCUT2D eigenvalue weighted by molar-refractivity contribution is 6.10. The van der Waals surface area contributed by atoms with Crippen molar-refractivity contribution in [2.45, 2.75) is 44.7 Å². The molecule has 0 spiro atoms. The second kappa shape index (κ2) is 9.06. The van der Waals surface area contributed by atoms with E-state index in [1.165, 1.54) is 18.4 Å². The lowest BCUT2D eigenvalue weighted by molar-refractivity contribution is -0.0611. The van der Waals surface area contributed by atoms with E-state index in [0.717, 1.165) is 65.2 Å². The van der Waals surface area contributed by atoms with Crippen LogP contribution < -0.4 is 4.90 Å². The first-order valence-corrected chi connectivity index (χ1v) is 13.6. The highest BCUT2D eigenvalue weighted by atomic mass is 16.5. The number of aryl methyl sites for hydroxylation is 1. The van der Waals surface area contributed by atoms with Crippen molar-refractivity contribution < 1.29 is 13.9 Å². The lowest BCUT2D eigenvalue weighted by Gasteiger charge is -2.41. The fourth-order valence-electron chi connectivity index (χ4n) is 6.42. The normalized spacial score (nSPS) is 21.2. The maximum atomic E-state index is 13.8. The highest BCUT2D eigenvalue weighted by Gasteiger charge is 2.43. The molecule has 0 unspecified atom stereocenters. The van der Waals surface area contributed by atoms with Gasteiger partial charge in [-0.1, -0.05) is 19.1 Å². The Morgan fingerprint density at radius 1 is 1.16 bits per heavy atom. The summed E-state index contributed by atoms with van der Waals surface area (Å²) in [7, 11) is 1.96. The molecule has 0 saturated carbocycles. The molecule has 8 heteroatoms. The molecule has 0 radical (unpaired) electrons. The standard InChI is InChI=1S/C30H33N5O3/c1-20-4-3-8-34(14-20)15-22-10-24(12-27-25(22)7-9-38-27)35-16-21-5-6-23(11-26(21)29(35)36)30(17-37-18-30)13-28-32-31-19-33(28)2/h5-7,9-12,19-20H,3-4,8,13-18H2,1-2H3/t20-/m0/s1. The predicted octanol–water partition coefficient (Wildman–Crippen LogP) is 4.46. The molecule has 2 aromatic carbocycles. The summed E-state index contributed by atoms with van der Waals surface area (Å²) in [5.74, 6) is 1.68. The Kier molecular flexibility index (Phi) is 5.63. The van der Waals surface area contributed by atoms with E-state index in [1.807, 2.05) is 28.6 Å². The smallest absolute Gasteiger partial charge is 0.258 e. The number of amides is 1. The highest BCUT2D eigenvalue weighted by Crippen LogP contribution is 2.39. The molecule has 8 nitrogen and oxygen atoms in total. The molecule has 3 aliphatic heterocycles. The number of fused-ring (bicyclic) bond motifs is 2. The number of anilines is 1. The number of carbonyl (C=O) groups excluding carboxylic acids is 1. The first kappa shape index (κ1) is 23.6. The predicted molar refractivity (Wildman–Crippen MR) is 144 cm³/mol. The first-order valence-electron chi connectivity index (χ1n) is 13.6. The summed E-state index contributed by atoms with van der Waals surface area (Å²) in [4.78, 5) is 18.2. The summed E-state index contributed by atoms with van der Waals surface area (Å²) in [5.41, 5.74) is 5.73. The summed E-state index contributed by atoms with van der Waals surface area (Å²) in [6, 6.07) is 12.6. The number of nitrogens with zero attached hydrogens (tertiary/aromatic N) is 5. The molecule has 2 saturated heterocycles. The molecule has 7 rings (SSSR count). The molecule has 2 fully saturated rings. The Labute approximate surface area is 222 Å². The van der Waals surface area contributed by atoms with Gasteiger partial charge >= 0.3 is 0 Å². The van der Waals surface area contributed by atoms with Crippen LogP contribution in [0.2, 0.25) is 0 Å². The van der Waals surface area contributed by atoms with Crippen LogP contribution in [-0.2, 0) is 36.7 Å². The van der Waals surface area contributed by atoms with Crippen molar-refractivity contribution in [3.05, 3.63) is 77.1 Å². The van der Waals surface area contributed by atoms with Gasteiger partial charge in [-0.15, -0.1) is 10.2 Å². The molecule has 196 valence electrons. The van der Waals surface area contributed by atoms with Gasteiger partial charge in [0.15, 0.2) is 0 Å². The number of hydrogen-bond acceptors (Lipinski definition) is 6. The summed E-state index contributed by atoms with van der Waals surface area (Å²) in [6.07, 6.45) is 6.74. The Bertz CT molecular complexity index is 1520. The topological polar surface area (TPSA) is 76.6 Å². The molecular weight excluding hydrogens is 478 g/mol. The van der Waals surface area contributed by atoms with Crippen LogP contribution >= 0.6 is 0 Å². The average Bonchev–Trinajstić information content (AvgIpc) is 3.60. The third-order valence-corrected chi connectivity index (χ3v) is 8.67. The molecule has 5 heterocycles. The zero-order valence-corrected chi connectivity index (χ0v) is 22.0. The largest absolute Gasteiger partial charge is 0.464 e. The minimum atomic E-state index is -0.185. The Hall–Kier alpha value is -3.49. The summed E-state index contributed by atoms with van der Waals surface area (Å²) < 4.78 is 13.5. The molecular formula is C30H33N5O3. The van der Waals surface area contributed by atoms with Crippen LogP contribution in [-0.4, -0.2) is 51.9 Å². The van der Waals surface area contributed by atoms with E-state index in [4.69, 9.17) is 9.15 Å². The fraction of sp³-hybridized carbons (Fsp3) is 0.433. The van der Waals surface area contributed by atoms with Gasteiger partial charge in [0, 0.05) is 54.7 Å². The Balaban J connectivity index is 1.18. The van der Waals surface area contributed by atoms with E-state index in [1.54, 1.807) is 12.6 Å². The number of piperidine rings is 1. The zero-order chi connectivity index (χ0) is 25.9. The molecule has 2 aromatic heterocycles. The number of carbonyl (C=O) groups is 1. The first-order chi connectivity index (χ1) is 18.5. The van der Waals surface area contributed by atoms with Gasteiger partial charge in [-0.05, 0) is 60.2 Å². The van der Waals surface area contributed by atoms with Crippen molar-refractivity contribution in [1.82, 2.24) is 19.7 Å². The van der Waals surface area contributed by atoms with E-state index in [2.05, 4.69) is 46.3 Å². The van der Waals surface area contributed by atoms with Crippen LogP contribution in [0.4, 0.5) is 5.69 Å². The summed E-state index contributed by atoms with van der Waals surface area (Å²) in [5, 5.41) is 9.46. The van der Waals surface area contributed by atoms with Gasteiger partial charge in [0.05, 0.1) is 26.0 Å². The number of likely N-dealkylation sites (tertiary alicyclic amines) is 1. The maximum absolute atomic E-state index is 13.8. The molecule has 1 amide bonds. The van der Waals surface area contributed by atoms with Crippen LogP contribution in [0.1, 0.15) is 52.6 Å². The minimum Gasteiger partial charge on any atom is -0.464 e. The Morgan fingerprint density at radius 3 is 2.82 bits per heavy atom. The SMILES string of the molecule is C[C@H]1CCCN(Cc2cc(N3Cc4ccc(C5(Cc6nncn6C)COC5)cc4C3=O)cc3occc23)C1. The number of ether oxygens (including phenoxy) is 1. The van der Waals surface area contributed by atoms with E-state index < -0.39 is 0 Å². The number of hydrogen-bond donors (Lipinski definition) is 0. The average molecular weight is 512 g/mol. The molecule has 38 heavy (non-hydrogen) atoms. The van der Waals surface area contributed by atoms with Crippen LogP contribution in [0.25, 0.3) is 11.0 Å². The lowest BCUT2D eigenvalue weighted by Crippen LogP contribution is -2.49. The summed E-state index contributed by atoms with van der Waals surface area (Å²) >= 11 is 0. The van der Waals surface area contributed by atoms with Crippen molar-refractivity contribution >= 4 is 22.6 Å². The molecule has 1 atom stereocenters. The lowest BCUT2D eigenvalue weighted by atomic mass is 9.75. The quantitative estimate of drug-likeness (QED) is 0.380. The van der Waals surface area contributed by atoms with Crippen LogP contribution in [0.15, 0.2) is 53.4 Å². The van der Waals surface area contributed by atoms with Crippen molar-refractivity contribution in [1.29, 1.82) is 0 Å². The number of rotatable bonds is 6. The maximum Gasteiger partial charge on any atom is 0.258 e. The van der Waals surface area contributed by atoms with Crippen LogP contribution in [0.3, 0.4) is 0 Å². The van der Waals surface area contributed by atoms with Crippen molar-refractivity contribution in [2.24, 2.45) is 13.0 Å². The second-order valence-electron chi connectivity index (χ2n) is 11.5. The van der Waals surface area contributed by atoms with Gasteiger partial charge in [0.1, 0.15) is 17.7 Å². The summed E-state index contributed by atoms with van der Waals surface area (Å²) in [6.45, 7) is 7.22. The van der Waals surface area contributed by atoms with Crippen molar-refractivity contribution in [3.63, 3.8) is 0 Å². The Morgan fingerprint density at radius 2 is 2.05 bits per heavy atom. The molecule has 3 aliphatic rings. The number of furan rings is 1. The van der Waals surface area contributed by atoms with Crippen molar-refractivity contribution in [3.8, 4) is 0 Å². The molecule has 0 bridgehead atoms. The number of aromatic nitrogens is 3. The third-order valence-electron chi connectivity index (χ3n) is 8.67. The van der Waals surface area contributed by atoms with E-state index in [-0.39, 0.29) is 11.3 Å². The number of benzene rings is 2. The molecule has 0 N–H and O–H groups in total. The fourth-order valence-corrected chi connectivity index (χ4v) is 6.42. The van der Waals surface area contributed by atoms with Gasteiger partial charge < -0.3 is 18.6 Å². The molecule has 4 aromatic rings. The van der Waals surface area contributed by atoms with Gasteiger partial charge in [-0.2, -0.15) is 0 Å². The molecule has 0 aliphatic carbocycles. The van der Waals surface area contributed by atoms with E-state index >= 15 is 0 Å². The third kappa shape index (κ3) is 3.94. The van der Waals surface area contributed by atoms with E-state index in [9.17, 15) is 4.79 Å². The van der Waals surface area contributed by atoms with E-state index in [0.29, 0.717) is 25.7 Å². The van der Waals surface area contributed by atoms with Crippen molar-refractivity contribution in [2.75, 3.05) is 31.2 Å². The van der Waals surface area contributed by atoms with Gasteiger partial charge in [-0.3, -0.25) is 9.69 Å². The van der Waals surface area contributed by atoms with Gasteiger partial charge in [0.2, 0.25) is 0 Å².